The average molecular weight is 320 g/mol. The highest BCUT2D eigenvalue weighted by Gasteiger charge is 2.27. The first-order valence-electron chi connectivity index (χ1n) is 8.04. The lowest BCUT2D eigenvalue weighted by Crippen LogP contribution is -2.38. The molecule has 1 aromatic rings. The number of nitrogens with one attached hydrogen (secondary N) is 2. The summed E-state index contributed by atoms with van der Waals surface area (Å²) in [5.74, 6) is 0.161. The van der Waals surface area contributed by atoms with Crippen molar-refractivity contribution < 1.29 is 9.72 Å². The van der Waals surface area contributed by atoms with Gasteiger partial charge in [-0.25, -0.2) is 0 Å². The Kier molecular flexibility index (Phi) is 5.52. The van der Waals surface area contributed by atoms with Gasteiger partial charge in [0.2, 0.25) is 5.91 Å². The van der Waals surface area contributed by atoms with E-state index in [1.54, 1.807) is 6.07 Å². The van der Waals surface area contributed by atoms with E-state index in [1.165, 1.54) is 6.20 Å². The summed E-state index contributed by atoms with van der Waals surface area (Å²) < 4.78 is 0. The normalized spacial score (nSPS) is 21.0. The zero-order chi connectivity index (χ0) is 17.0. The smallest absolute Gasteiger partial charge is 0.310 e. The van der Waals surface area contributed by atoms with Gasteiger partial charge in [-0.2, -0.15) is 0 Å². The van der Waals surface area contributed by atoms with Crippen LogP contribution in [0.5, 0.6) is 0 Å². The maximum Gasteiger partial charge on any atom is 0.310 e. The molecule has 2 N–H and O–H groups in total. The first kappa shape index (κ1) is 17.2. The monoisotopic (exact) mass is 320 g/mol. The third-order valence-electron chi connectivity index (χ3n) is 4.10. The first-order chi connectivity index (χ1) is 10.9. The summed E-state index contributed by atoms with van der Waals surface area (Å²) in [7, 11) is 0. The van der Waals surface area contributed by atoms with Gasteiger partial charge in [0.1, 0.15) is 11.9 Å². The topological polar surface area (TPSA) is 97.2 Å². The van der Waals surface area contributed by atoms with Gasteiger partial charge in [-0.3, -0.25) is 19.9 Å². The maximum absolute atomic E-state index is 12.0. The average Bonchev–Trinajstić information content (AvgIpc) is 2.47. The molecular weight excluding hydrogens is 296 g/mol. The summed E-state index contributed by atoms with van der Waals surface area (Å²) in [6.45, 7) is 5.72. The third kappa shape index (κ3) is 4.64. The van der Waals surface area contributed by atoms with Crippen LogP contribution < -0.4 is 10.6 Å². The number of aryl methyl sites for hydroxylation is 1. The van der Waals surface area contributed by atoms with E-state index in [0.717, 1.165) is 31.4 Å². The summed E-state index contributed by atoms with van der Waals surface area (Å²) in [4.78, 5) is 26.7. The number of pyridine rings is 1. The molecule has 1 aliphatic carbocycles. The van der Waals surface area contributed by atoms with E-state index in [-0.39, 0.29) is 29.6 Å². The largest absolute Gasteiger partial charge is 0.377 e. The molecule has 1 fully saturated rings. The van der Waals surface area contributed by atoms with E-state index in [0.29, 0.717) is 5.69 Å². The third-order valence-corrected chi connectivity index (χ3v) is 4.10. The van der Waals surface area contributed by atoms with Crippen molar-refractivity contribution in [3.63, 3.8) is 0 Å². The Morgan fingerprint density at radius 1 is 1.35 bits per heavy atom. The zero-order valence-electron chi connectivity index (χ0n) is 13.8. The molecule has 0 unspecified atom stereocenters. The standard InChI is InChI=1S/C16H24N4O3/c1-10(2)18-16(21)12-4-6-13(7-5-12)19-14-8-11(3)17-9-15(14)20(22)23/h8-10,12-13H,4-7H2,1-3H3,(H,17,19)(H,18,21). The molecule has 126 valence electrons. The Morgan fingerprint density at radius 2 is 2.00 bits per heavy atom. The zero-order valence-corrected chi connectivity index (χ0v) is 13.8. The van der Waals surface area contributed by atoms with Gasteiger partial charge in [-0.1, -0.05) is 0 Å². The number of rotatable bonds is 5. The SMILES string of the molecule is Cc1cc(NC2CCC(C(=O)NC(C)C)CC2)c([N+](=O)[O-])cn1. The summed E-state index contributed by atoms with van der Waals surface area (Å²) in [5.41, 5.74) is 1.25. The van der Waals surface area contributed by atoms with E-state index < -0.39 is 4.92 Å². The second kappa shape index (κ2) is 7.39. The van der Waals surface area contributed by atoms with Crippen LogP contribution in [0.2, 0.25) is 0 Å². The fourth-order valence-electron chi connectivity index (χ4n) is 2.94. The molecular formula is C16H24N4O3. The van der Waals surface area contributed by atoms with Crippen molar-refractivity contribution in [2.24, 2.45) is 5.92 Å². The molecule has 0 atom stereocenters. The lowest BCUT2D eigenvalue weighted by atomic mass is 9.85. The summed E-state index contributed by atoms with van der Waals surface area (Å²) in [6, 6.07) is 2.01. The highest BCUT2D eigenvalue weighted by Crippen LogP contribution is 2.30. The van der Waals surface area contributed by atoms with Gasteiger partial charge < -0.3 is 10.6 Å². The number of carbonyl (C=O) groups excluding carboxylic acids is 1. The van der Waals surface area contributed by atoms with Gasteiger partial charge in [0.25, 0.3) is 0 Å². The molecule has 0 saturated heterocycles. The van der Waals surface area contributed by atoms with Crippen molar-refractivity contribution in [2.75, 3.05) is 5.32 Å². The van der Waals surface area contributed by atoms with Crippen LogP contribution in [0.3, 0.4) is 0 Å². The number of carbonyl (C=O) groups is 1. The van der Waals surface area contributed by atoms with Crippen LogP contribution in [-0.2, 0) is 4.79 Å². The maximum atomic E-state index is 12.0. The quantitative estimate of drug-likeness (QED) is 0.642. The van der Waals surface area contributed by atoms with Crippen LogP contribution in [0.25, 0.3) is 0 Å². The minimum Gasteiger partial charge on any atom is -0.377 e. The van der Waals surface area contributed by atoms with Crippen LogP contribution in [-0.4, -0.2) is 27.9 Å². The Morgan fingerprint density at radius 3 is 2.57 bits per heavy atom. The molecule has 1 amide bonds. The molecule has 1 aliphatic rings. The van der Waals surface area contributed by atoms with Crippen molar-refractivity contribution in [3.8, 4) is 0 Å². The number of hydrogen-bond donors (Lipinski definition) is 2. The lowest BCUT2D eigenvalue weighted by molar-refractivity contribution is -0.384. The first-order valence-corrected chi connectivity index (χ1v) is 8.04. The van der Waals surface area contributed by atoms with Crippen LogP contribution in [0.1, 0.15) is 45.2 Å². The van der Waals surface area contributed by atoms with Gasteiger partial charge in [0.05, 0.1) is 4.92 Å². The minimum absolute atomic E-state index is 0.00438. The van der Waals surface area contributed by atoms with Crippen LogP contribution in [0, 0.1) is 23.0 Å². The fourth-order valence-corrected chi connectivity index (χ4v) is 2.94. The van der Waals surface area contributed by atoms with Gasteiger partial charge in [0.15, 0.2) is 0 Å². The summed E-state index contributed by atoms with van der Waals surface area (Å²) >= 11 is 0. The second-order valence-corrected chi connectivity index (χ2v) is 6.46. The number of amides is 1. The van der Waals surface area contributed by atoms with Crippen molar-refractivity contribution in [3.05, 3.63) is 28.1 Å². The molecule has 0 aromatic carbocycles. The second-order valence-electron chi connectivity index (χ2n) is 6.46. The van der Waals surface area contributed by atoms with Crippen molar-refractivity contribution in [1.29, 1.82) is 0 Å². The number of anilines is 1. The van der Waals surface area contributed by atoms with E-state index in [9.17, 15) is 14.9 Å². The summed E-state index contributed by atoms with van der Waals surface area (Å²) in [6.07, 6.45) is 4.55. The van der Waals surface area contributed by atoms with Gasteiger partial charge in [-0.05, 0) is 52.5 Å². The van der Waals surface area contributed by atoms with Crippen molar-refractivity contribution in [2.45, 2.75) is 58.5 Å². The van der Waals surface area contributed by atoms with Gasteiger partial charge in [0, 0.05) is 23.7 Å². The van der Waals surface area contributed by atoms with E-state index in [2.05, 4.69) is 15.6 Å². The van der Waals surface area contributed by atoms with Crippen molar-refractivity contribution >= 4 is 17.3 Å². The number of nitro groups is 1. The lowest BCUT2D eigenvalue weighted by Gasteiger charge is -2.29. The molecule has 1 saturated carbocycles. The van der Waals surface area contributed by atoms with E-state index in [1.807, 2.05) is 20.8 Å². The molecule has 23 heavy (non-hydrogen) atoms. The molecule has 0 spiro atoms. The molecule has 0 bridgehead atoms. The van der Waals surface area contributed by atoms with E-state index in [4.69, 9.17) is 0 Å². The molecule has 0 radical (unpaired) electrons. The predicted octanol–water partition coefficient (Wildman–Crippen LogP) is 2.79. The Labute approximate surface area is 136 Å². The molecule has 7 nitrogen and oxygen atoms in total. The molecule has 7 heteroatoms. The Bertz CT molecular complexity index is 581. The van der Waals surface area contributed by atoms with Crippen LogP contribution in [0.15, 0.2) is 12.3 Å². The van der Waals surface area contributed by atoms with Gasteiger partial charge >= 0.3 is 5.69 Å². The van der Waals surface area contributed by atoms with E-state index >= 15 is 0 Å². The fraction of sp³-hybridized carbons (Fsp3) is 0.625. The van der Waals surface area contributed by atoms with Gasteiger partial charge in [-0.15, -0.1) is 0 Å². The molecule has 2 rings (SSSR count). The number of aromatic nitrogens is 1. The predicted molar refractivity (Wildman–Crippen MR) is 88.3 cm³/mol. The highest BCUT2D eigenvalue weighted by molar-refractivity contribution is 5.79. The number of hydrogen-bond acceptors (Lipinski definition) is 5. The molecule has 1 heterocycles. The Hall–Kier alpha value is -2.18. The van der Waals surface area contributed by atoms with Crippen molar-refractivity contribution in [1.82, 2.24) is 10.3 Å². The minimum atomic E-state index is -0.420. The highest BCUT2D eigenvalue weighted by atomic mass is 16.6. The Balaban J connectivity index is 1.96. The number of nitrogens with zero attached hydrogens (tertiary/aromatic N) is 2. The molecule has 0 aliphatic heterocycles. The van der Waals surface area contributed by atoms with Crippen LogP contribution >= 0.6 is 0 Å². The van der Waals surface area contributed by atoms with Crippen LogP contribution in [0.4, 0.5) is 11.4 Å². The molecule has 1 aromatic heterocycles. The summed E-state index contributed by atoms with van der Waals surface area (Å²) in [5, 5.41) is 17.3.